The number of hydrogen-bond acceptors (Lipinski definition) is 2. The molecule has 0 aliphatic carbocycles. The maximum atomic E-state index is 12.4. The molecule has 0 aromatic heterocycles. The van der Waals surface area contributed by atoms with E-state index in [1.807, 2.05) is 54.6 Å². The number of amides is 2. The van der Waals surface area contributed by atoms with Crippen molar-refractivity contribution in [2.24, 2.45) is 0 Å². The summed E-state index contributed by atoms with van der Waals surface area (Å²) in [6.45, 7) is 2.10. The molecule has 0 bridgehead atoms. The number of nitrogens with one attached hydrogen (secondary N) is 1. The van der Waals surface area contributed by atoms with E-state index in [0.717, 1.165) is 17.7 Å². The van der Waals surface area contributed by atoms with Crippen LogP contribution in [0, 0.1) is 0 Å². The highest BCUT2D eigenvalue weighted by Gasteiger charge is 2.12. The van der Waals surface area contributed by atoms with E-state index < -0.39 is 0 Å². The van der Waals surface area contributed by atoms with Crippen LogP contribution >= 0.6 is 0 Å². The molecule has 2 amide bonds. The van der Waals surface area contributed by atoms with E-state index in [-0.39, 0.29) is 11.8 Å². The van der Waals surface area contributed by atoms with Crippen LogP contribution in [0.5, 0.6) is 0 Å². The van der Waals surface area contributed by atoms with Gasteiger partial charge in [0.15, 0.2) is 0 Å². The third kappa shape index (κ3) is 4.19. The van der Waals surface area contributed by atoms with Crippen LogP contribution in [-0.2, 0) is 11.2 Å². The van der Waals surface area contributed by atoms with Crippen LogP contribution in [0.15, 0.2) is 54.6 Å². The predicted molar refractivity (Wildman–Crippen MR) is 88.0 cm³/mol. The third-order valence-electron chi connectivity index (χ3n) is 3.44. The molecule has 0 fully saturated rings. The molecule has 0 saturated heterocycles. The molecule has 2 aromatic rings. The molecular formula is C18H20N2O2. The van der Waals surface area contributed by atoms with Gasteiger partial charge in [-0.1, -0.05) is 30.3 Å². The van der Waals surface area contributed by atoms with Gasteiger partial charge in [-0.15, -0.1) is 0 Å². The molecule has 0 aliphatic heterocycles. The van der Waals surface area contributed by atoms with E-state index in [1.54, 1.807) is 11.9 Å². The van der Waals surface area contributed by atoms with E-state index in [2.05, 4.69) is 5.32 Å². The molecule has 2 rings (SSSR count). The van der Waals surface area contributed by atoms with Gasteiger partial charge < -0.3 is 10.2 Å². The van der Waals surface area contributed by atoms with Gasteiger partial charge in [-0.3, -0.25) is 9.59 Å². The fourth-order valence-corrected chi connectivity index (χ4v) is 2.16. The Morgan fingerprint density at radius 2 is 1.64 bits per heavy atom. The summed E-state index contributed by atoms with van der Waals surface area (Å²) in [5, 5.41) is 2.76. The van der Waals surface area contributed by atoms with Gasteiger partial charge in [-0.25, -0.2) is 0 Å². The molecule has 2 aromatic carbocycles. The van der Waals surface area contributed by atoms with Crippen LogP contribution in [0.3, 0.4) is 0 Å². The third-order valence-corrected chi connectivity index (χ3v) is 3.44. The zero-order chi connectivity index (χ0) is 15.9. The first kappa shape index (κ1) is 15.8. The van der Waals surface area contributed by atoms with E-state index in [1.165, 1.54) is 6.92 Å². The molecule has 0 aliphatic rings. The summed E-state index contributed by atoms with van der Waals surface area (Å²) >= 11 is 0. The van der Waals surface area contributed by atoms with Crippen molar-refractivity contribution >= 4 is 17.5 Å². The Bertz CT molecular complexity index is 636. The van der Waals surface area contributed by atoms with Crippen LogP contribution in [-0.4, -0.2) is 25.4 Å². The van der Waals surface area contributed by atoms with Crippen LogP contribution in [0.4, 0.5) is 5.69 Å². The van der Waals surface area contributed by atoms with Gasteiger partial charge in [0.2, 0.25) is 5.91 Å². The number of carbonyl (C=O) groups excluding carboxylic acids is 2. The molecule has 0 saturated carbocycles. The largest absolute Gasteiger partial charge is 0.356 e. The Labute approximate surface area is 130 Å². The average Bonchev–Trinajstić information content (AvgIpc) is 2.54. The van der Waals surface area contributed by atoms with Crippen LogP contribution in [0.2, 0.25) is 0 Å². The zero-order valence-corrected chi connectivity index (χ0v) is 12.9. The second-order valence-corrected chi connectivity index (χ2v) is 5.13. The Hall–Kier alpha value is -2.62. The molecular weight excluding hydrogens is 276 g/mol. The van der Waals surface area contributed by atoms with Gasteiger partial charge in [-0.2, -0.15) is 0 Å². The van der Waals surface area contributed by atoms with Crippen LogP contribution < -0.4 is 10.2 Å². The van der Waals surface area contributed by atoms with Crippen molar-refractivity contribution in [2.45, 2.75) is 13.3 Å². The summed E-state index contributed by atoms with van der Waals surface area (Å²) < 4.78 is 0. The molecule has 4 heteroatoms. The topological polar surface area (TPSA) is 49.4 Å². The molecule has 1 N–H and O–H groups in total. The first-order valence-corrected chi connectivity index (χ1v) is 7.24. The van der Waals surface area contributed by atoms with E-state index >= 15 is 0 Å². The molecule has 4 nitrogen and oxygen atoms in total. The fourth-order valence-electron chi connectivity index (χ4n) is 2.16. The summed E-state index contributed by atoms with van der Waals surface area (Å²) in [4.78, 5) is 24.9. The minimum atomic E-state index is -0.0420. The maximum absolute atomic E-state index is 12.4. The molecule has 0 heterocycles. The number of carbonyl (C=O) groups is 2. The lowest BCUT2D eigenvalue weighted by Gasteiger charge is -2.17. The van der Waals surface area contributed by atoms with Gasteiger partial charge in [0.25, 0.3) is 5.91 Å². The van der Waals surface area contributed by atoms with Crippen molar-refractivity contribution in [2.75, 3.05) is 18.5 Å². The van der Waals surface area contributed by atoms with Crippen molar-refractivity contribution in [3.8, 4) is 0 Å². The smallest absolute Gasteiger partial charge is 0.258 e. The molecule has 0 unspecified atom stereocenters. The number of anilines is 1. The highest BCUT2D eigenvalue weighted by atomic mass is 16.2. The predicted octanol–water partition coefficient (Wildman–Crippen LogP) is 2.64. The highest BCUT2D eigenvalue weighted by Crippen LogP contribution is 2.15. The quantitative estimate of drug-likeness (QED) is 0.922. The molecule has 114 valence electrons. The van der Waals surface area contributed by atoms with Crippen molar-refractivity contribution in [3.05, 3.63) is 65.7 Å². The lowest BCUT2D eigenvalue weighted by atomic mass is 10.1. The van der Waals surface area contributed by atoms with Crippen molar-refractivity contribution < 1.29 is 9.59 Å². The van der Waals surface area contributed by atoms with Crippen molar-refractivity contribution in [3.63, 3.8) is 0 Å². The lowest BCUT2D eigenvalue weighted by Crippen LogP contribution is -2.26. The van der Waals surface area contributed by atoms with E-state index in [0.29, 0.717) is 12.1 Å². The SMILES string of the molecule is CC(=O)NCCc1ccc(C(=O)N(C)c2ccccc2)cc1. The van der Waals surface area contributed by atoms with Gasteiger partial charge in [-0.05, 0) is 36.2 Å². The monoisotopic (exact) mass is 296 g/mol. The Morgan fingerprint density at radius 3 is 2.23 bits per heavy atom. The Morgan fingerprint density at radius 1 is 1.00 bits per heavy atom. The second kappa shape index (κ2) is 7.41. The fraction of sp³-hybridized carbons (Fsp3) is 0.222. The molecule has 22 heavy (non-hydrogen) atoms. The number of rotatable bonds is 5. The summed E-state index contributed by atoms with van der Waals surface area (Å²) in [6.07, 6.45) is 0.753. The molecule has 0 spiro atoms. The van der Waals surface area contributed by atoms with Gasteiger partial charge in [0, 0.05) is 31.8 Å². The van der Waals surface area contributed by atoms with Crippen LogP contribution in [0.25, 0.3) is 0 Å². The maximum Gasteiger partial charge on any atom is 0.258 e. The van der Waals surface area contributed by atoms with E-state index in [9.17, 15) is 9.59 Å². The summed E-state index contributed by atoms with van der Waals surface area (Å²) in [5.41, 5.74) is 2.60. The number of benzene rings is 2. The first-order chi connectivity index (χ1) is 10.6. The number of para-hydroxylation sites is 1. The first-order valence-electron chi connectivity index (χ1n) is 7.24. The van der Waals surface area contributed by atoms with Crippen molar-refractivity contribution in [1.82, 2.24) is 5.32 Å². The Kier molecular flexibility index (Phi) is 5.31. The summed E-state index contributed by atoms with van der Waals surface area (Å²) in [7, 11) is 1.77. The Balaban J connectivity index is 2.00. The molecule has 0 radical (unpaired) electrons. The van der Waals surface area contributed by atoms with Crippen LogP contribution in [0.1, 0.15) is 22.8 Å². The minimum Gasteiger partial charge on any atom is -0.356 e. The molecule has 0 atom stereocenters. The summed E-state index contributed by atoms with van der Waals surface area (Å²) in [6, 6.07) is 17.0. The number of hydrogen-bond donors (Lipinski definition) is 1. The normalized spacial score (nSPS) is 10.1. The minimum absolute atomic E-state index is 0.0312. The highest BCUT2D eigenvalue weighted by molar-refractivity contribution is 6.05. The van der Waals surface area contributed by atoms with Crippen molar-refractivity contribution in [1.29, 1.82) is 0 Å². The average molecular weight is 296 g/mol. The zero-order valence-electron chi connectivity index (χ0n) is 12.9. The number of nitrogens with zero attached hydrogens (tertiary/aromatic N) is 1. The van der Waals surface area contributed by atoms with E-state index in [4.69, 9.17) is 0 Å². The van der Waals surface area contributed by atoms with Gasteiger partial charge >= 0.3 is 0 Å². The lowest BCUT2D eigenvalue weighted by molar-refractivity contribution is -0.118. The summed E-state index contributed by atoms with van der Waals surface area (Å²) in [5.74, 6) is -0.0732. The second-order valence-electron chi connectivity index (χ2n) is 5.13. The van der Waals surface area contributed by atoms with Gasteiger partial charge in [0.05, 0.1) is 0 Å². The van der Waals surface area contributed by atoms with Gasteiger partial charge in [0.1, 0.15) is 0 Å². The standard InChI is InChI=1S/C18H20N2O2/c1-14(21)19-13-12-15-8-10-16(11-9-15)18(22)20(2)17-6-4-3-5-7-17/h3-11H,12-13H2,1-2H3,(H,19,21).